The quantitative estimate of drug-likeness (QED) is 0.868. The van der Waals surface area contributed by atoms with E-state index in [1.54, 1.807) is 0 Å². The van der Waals surface area contributed by atoms with Gasteiger partial charge in [-0.2, -0.15) is 0 Å². The molecule has 1 heterocycles. The Hall–Kier alpha value is -0.990. The first-order valence-electron chi connectivity index (χ1n) is 7.56. The van der Waals surface area contributed by atoms with Crippen molar-refractivity contribution in [1.29, 1.82) is 0 Å². The van der Waals surface area contributed by atoms with Crippen molar-refractivity contribution >= 4 is 22.6 Å². The molecule has 4 atom stereocenters. The van der Waals surface area contributed by atoms with Gasteiger partial charge in [0.2, 0.25) is 0 Å². The van der Waals surface area contributed by atoms with Crippen LogP contribution in [-0.4, -0.2) is 5.11 Å². The Kier molecular flexibility index (Phi) is 3.04. The highest BCUT2D eigenvalue weighted by Crippen LogP contribution is 2.51. The third-order valence-corrected chi connectivity index (χ3v) is 5.55. The number of para-hydroxylation sites is 1. The highest BCUT2D eigenvalue weighted by atomic mass is 35.5. The van der Waals surface area contributed by atoms with Crippen LogP contribution in [0.2, 0.25) is 5.02 Å². The fraction of sp³-hybridized carbons (Fsp3) is 0.529. The number of halogens is 1. The Morgan fingerprint density at radius 1 is 1.30 bits per heavy atom. The standard InChI is InChI=1S/C17H19ClO2/c18-14-3-1-2-12-9-16(20-17(12)14)15(19)8-13-7-10-4-5-11(13)6-10/h1-3,9-11,13,15,19H,4-8H2. The highest BCUT2D eigenvalue weighted by Gasteiger charge is 2.40. The van der Waals surface area contributed by atoms with E-state index >= 15 is 0 Å². The lowest BCUT2D eigenvalue weighted by molar-refractivity contribution is 0.106. The van der Waals surface area contributed by atoms with Gasteiger partial charge in [0.1, 0.15) is 11.9 Å². The third-order valence-electron chi connectivity index (χ3n) is 5.25. The molecule has 2 aromatic rings. The zero-order valence-electron chi connectivity index (χ0n) is 11.4. The molecule has 0 radical (unpaired) electrons. The molecule has 2 nitrogen and oxygen atoms in total. The number of benzene rings is 1. The summed E-state index contributed by atoms with van der Waals surface area (Å²) in [7, 11) is 0. The van der Waals surface area contributed by atoms with Gasteiger partial charge >= 0.3 is 0 Å². The van der Waals surface area contributed by atoms with E-state index in [1.165, 1.54) is 25.7 Å². The predicted molar refractivity (Wildman–Crippen MR) is 79.7 cm³/mol. The smallest absolute Gasteiger partial charge is 0.152 e. The SMILES string of the molecule is OC(CC1CC2CCC1C2)c1cc2cccc(Cl)c2o1. The van der Waals surface area contributed by atoms with Crippen LogP contribution in [-0.2, 0) is 0 Å². The van der Waals surface area contributed by atoms with E-state index in [-0.39, 0.29) is 0 Å². The molecular formula is C17H19ClO2. The Bertz CT molecular complexity index is 633. The number of furan rings is 1. The van der Waals surface area contributed by atoms with E-state index in [2.05, 4.69) is 0 Å². The first kappa shape index (κ1) is 12.7. The molecule has 1 N–H and O–H groups in total. The van der Waals surface area contributed by atoms with Crippen LogP contribution in [0.15, 0.2) is 28.7 Å². The lowest BCUT2D eigenvalue weighted by atomic mass is 9.84. The molecule has 2 saturated carbocycles. The Morgan fingerprint density at radius 2 is 2.20 bits per heavy atom. The Morgan fingerprint density at radius 3 is 2.90 bits per heavy atom. The molecular weight excluding hydrogens is 272 g/mol. The van der Waals surface area contributed by atoms with Crippen molar-refractivity contribution in [2.24, 2.45) is 17.8 Å². The summed E-state index contributed by atoms with van der Waals surface area (Å²) in [5, 5.41) is 12.0. The summed E-state index contributed by atoms with van der Waals surface area (Å²) < 4.78 is 5.77. The minimum atomic E-state index is -0.497. The van der Waals surface area contributed by atoms with Crippen molar-refractivity contribution in [1.82, 2.24) is 0 Å². The van der Waals surface area contributed by atoms with Gasteiger partial charge in [-0.15, -0.1) is 0 Å². The molecule has 4 unspecified atom stereocenters. The van der Waals surface area contributed by atoms with Gasteiger partial charge in [-0.3, -0.25) is 0 Å². The summed E-state index contributed by atoms with van der Waals surface area (Å²) in [6, 6.07) is 7.63. The van der Waals surface area contributed by atoms with Crippen molar-refractivity contribution in [2.75, 3.05) is 0 Å². The Labute approximate surface area is 123 Å². The number of aliphatic hydroxyl groups excluding tert-OH is 1. The summed E-state index contributed by atoms with van der Waals surface area (Å²) >= 11 is 6.12. The first-order chi connectivity index (χ1) is 9.70. The van der Waals surface area contributed by atoms with Crippen LogP contribution in [0.25, 0.3) is 11.0 Å². The van der Waals surface area contributed by atoms with Crippen molar-refractivity contribution < 1.29 is 9.52 Å². The lowest BCUT2D eigenvalue weighted by Gasteiger charge is -2.23. The van der Waals surface area contributed by atoms with E-state index in [0.29, 0.717) is 22.3 Å². The van der Waals surface area contributed by atoms with Gasteiger partial charge in [0.05, 0.1) is 5.02 Å². The first-order valence-corrected chi connectivity index (χ1v) is 7.94. The van der Waals surface area contributed by atoms with Gasteiger partial charge in [0.25, 0.3) is 0 Å². The minimum absolute atomic E-state index is 0.497. The molecule has 20 heavy (non-hydrogen) atoms. The molecule has 2 aliphatic rings. The topological polar surface area (TPSA) is 33.4 Å². The zero-order valence-corrected chi connectivity index (χ0v) is 12.1. The zero-order chi connectivity index (χ0) is 13.7. The van der Waals surface area contributed by atoms with Crippen LogP contribution in [0.5, 0.6) is 0 Å². The second kappa shape index (κ2) is 4.78. The summed E-state index contributed by atoms with van der Waals surface area (Å²) in [6.07, 6.45) is 5.76. The average Bonchev–Trinajstić information content (AvgIpc) is 3.12. The van der Waals surface area contributed by atoms with Crippen LogP contribution in [0.1, 0.15) is 44.0 Å². The molecule has 2 aliphatic carbocycles. The number of hydrogen-bond donors (Lipinski definition) is 1. The number of hydrogen-bond acceptors (Lipinski definition) is 2. The molecule has 0 amide bonds. The van der Waals surface area contributed by atoms with Gasteiger partial charge < -0.3 is 9.52 Å². The van der Waals surface area contributed by atoms with Crippen molar-refractivity contribution in [3.05, 3.63) is 35.0 Å². The second-order valence-electron chi connectivity index (χ2n) is 6.49. The van der Waals surface area contributed by atoms with E-state index in [0.717, 1.165) is 23.6 Å². The van der Waals surface area contributed by atoms with Gasteiger partial charge in [0.15, 0.2) is 5.58 Å². The number of rotatable bonds is 3. The lowest BCUT2D eigenvalue weighted by Crippen LogP contribution is -2.14. The van der Waals surface area contributed by atoms with Crippen LogP contribution in [0.4, 0.5) is 0 Å². The largest absolute Gasteiger partial charge is 0.457 e. The fourth-order valence-electron chi connectivity index (χ4n) is 4.28. The number of fused-ring (bicyclic) bond motifs is 3. The van der Waals surface area contributed by atoms with Crippen LogP contribution in [0.3, 0.4) is 0 Å². The molecule has 1 aromatic carbocycles. The van der Waals surface area contributed by atoms with E-state index in [9.17, 15) is 5.11 Å². The third kappa shape index (κ3) is 2.06. The molecule has 4 rings (SSSR count). The van der Waals surface area contributed by atoms with Gasteiger partial charge in [-0.25, -0.2) is 0 Å². The molecule has 1 aromatic heterocycles. The van der Waals surface area contributed by atoms with Gasteiger partial charge in [0, 0.05) is 5.39 Å². The maximum Gasteiger partial charge on any atom is 0.152 e. The maximum absolute atomic E-state index is 10.5. The average molecular weight is 291 g/mol. The highest BCUT2D eigenvalue weighted by molar-refractivity contribution is 6.34. The van der Waals surface area contributed by atoms with Gasteiger partial charge in [-0.05, 0) is 55.6 Å². The fourth-order valence-corrected chi connectivity index (χ4v) is 4.50. The molecule has 2 bridgehead atoms. The predicted octanol–water partition coefficient (Wildman–Crippen LogP) is 4.95. The van der Waals surface area contributed by atoms with E-state index in [4.69, 9.17) is 16.0 Å². The molecule has 0 saturated heterocycles. The molecule has 106 valence electrons. The van der Waals surface area contributed by atoms with Crippen LogP contribution >= 0.6 is 11.6 Å². The molecule has 3 heteroatoms. The van der Waals surface area contributed by atoms with Gasteiger partial charge in [-0.1, -0.05) is 30.2 Å². The minimum Gasteiger partial charge on any atom is -0.457 e. The second-order valence-corrected chi connectivity index (χ2v) is 6.90. The molecule has 0 aliphatic heterocycles. The summed E-state index contributed by atoms with van der Waals surface area (Å²) in [6.45, 7) is 0. The normalized spacial score (nSPS) is 30.2. The van der Waals surface area contributed by atoms with Crippen LogP contribution in [0, 0.1) is 17.8 Å². The van der Waals surface area contributed by atoms with E-state index < -0.39 is 6.10 Å². The van der Waals surface area contributed by atoms with Crippen molar-refractivity contribution in [3.63, 3.8) is 0 Å². The monoisotopic (exact) mass is 290 g/mol. The molecule has 2 fully saturated rings. The summed E-state index contributed by atoms with van der Waals surface area (Å²) in [5.74, 6) is 3.09. The summed E-state index contributed by atoms with van der Waals surface area (Å²) in [5.41, 5.74) is 0.691. The number of aliphatic hydroxyl groups is 1. The Balaban J connectivity index is 1.55. The van der Waals surface area contributed by atoms with Crippen molar-refractivity contribution in [3.8, 4) is 0 Å². The maximum atomic E-state index is 10.5. The molecule has 0 spiro atoms. The van der Waals surface area contributed by atoms with Crippen LogP contribution < -0.4 is 0 Å². The van der Waals surface area contributed by atoms with E-state index in [1.807, 2.05) is 24.3 Å². The van der Waals surface area contributed by atoms with Crippen molar-refractivity contribution in [2.45, 2.75) is 38.2 Å². The summed E-state index contributed by atoms with van der Waals surface area (Å²) in [4.78, 5) is 0.